The van der Waals surface area contributed by atoms with Crippen molar-refractivity contribution < 1.29 is 18.7 Å². The maximum atomic E-state index is 13.9. The van der Waals surface area contributed by atoms with Crippen molar-refractivity contribution in [3.8, 4) is 0 Å². The number of hydrogen-bond acceptors (Lipinski definition) is 4. The fourth-order valence-corrected chi connectivity index (χ4v) is 3.58. The van der Waals surface area contributed by atoms with E-state index in [1.54, 1.807) is 47.6 Å². The van der Waals surface area contributed by atoms with Crippen LogP contribution in [-0.2, 0) is 11.2 Å². The van der Waals surface area contributed by atoms with Gasteiger partial charge in [-0.15, -0.1) is 0 Å². The summed E-state index contributed by atoms with van der Waals surface area (Å²) < 4.78 is 18.7. The summed E-state index contributed by atoms with van der Waals surface area (Å²) >= 11 is 0. The monoisotopic (exact) mass is 394 g/mol. The molecule has 0 saturated carbocycles. The number of fused-ring (bicyclic) bond motifs is 1. The molecule has 1 atom stereocenters. The van der Waals surface area contributed by atoms with Crippen molar-refractivity contribution in [1.29, 1.82) is 0 Å². The zero-order valence-electron chi connectivity index (χ0n) is 15.7. The predicted octanol–water partition coefficient (Wildman–Crippen LogP) is 3.52. The number of nitrogens with one attached hydrogen (secondary N) is 2. The number of urea groups is 1. The number of nitrogens with zero attached hydrogens (tertiary/aromatic N) is 2. The summed E-state index contributed by atoms with van der Waals surface area (Å²) in [5, 5.41) is 2.79. The van der Waals surface area contributed by atoms with E-state index in [9.17, 15) is 14.0 Å². The van der Waals surface area contributed by atoms with Gasteiger partial charge in [-0.1, -0.05) is 24.3 Å². The molecule has 8 heteroatoms. The molecule has 1 aliphatic heterocycles. The van der Waals surface area contributed by atoms with Crippen molar-refractivity contribution in [3.63, 3.8) is 0 Å². The number of H-pyrrole nitrogens is 1. The molecule has 0 spiro atoms. The minimum atomic E-state index is -0.550. The van der Waals surface area contributed by atoms with E-state index in [1.807, 2.05) is 0 Å². The SMILES string of the molecule is COC(=O)c1ccccc1NC(=O)N1CCc2[nH]cnc2[C@H]1c1cccc(F)c1. The summed E-state index contributed by atoms with van der Waals surface area (Å²) in [7, 11) is 1.28. The van der Waals surface area contributed by atoms with Gasteiger partial charge in [-0.05, 0) is 29.8 Å². The van der Waals surface area contributed by atoms with E-state index < -0.39 is 18.0 Å². The van der Waals surface area contributed by atoms with Gasteiger partial charge in [0.1, 0.15) is 11.9 Å². The molecule has 0 aliphatic carbocycles. The molecule has 148 valence electrons. The van der Waals surface area contributed by atoms with Gasteiger partial charge in [-0.3, -0.25) is 0 Å². The van der Waals surface area contributed by atoms with Crippen LogP contribution in [0.15, 0.2) is 54.9 Å². The second-order valence-corrected chi connectivity index (χ2v) is 6.63. The summed E-state index contributed by atoms with van der Waals surface area (Å²) in [6.45, 7) is 0.405. The molecular weight excluding hydrogens is 375 g/mol. The Morgan fingerprint density at radius 1 is 1.24 bits per heavy atom. The average Bonchev–Trinajstić information content (AvgIpc) is 3.21. The topological polar surface area (TPSA) is 87.3 Å². The average molecular weight is 394 g/mol. The van der Waals surface area contributed by atoms with Gasteiger partial charge in [0.15, 0.2) is 0 Å². The molecule has 29 heavy (non-hydrogen) atoms. The summed E-state index contributed by atoms with van der Waals surface area (Å²) in [5.41, 5.74) is 2.81. The summed E-state index contributed by atoms with van der Waals surface area (Å²) in [5.74, 6) is -0.933. The highest BCUT2D eigenvalue weighted by molar-refractivity contribution is 6.01. The third kappa shape index (κ3) is 3.56. The number of benzene rings is 2. The number of hydrogen-bond donors (Lipinski definition) is 2. The quantitative estimate of drug-likeness (QED) is 0.666. The van der Waals surface area contributed by atoms with E-state index in [0.717, 1.165) is 5.69 Å². The Labute approximate surface area is 166 Å². The molecule has 7 nitrogen and oxygen atoms in total. The molecule has 2 amide bonds. The number of aromatic amines is 1. The Bertz CT molecular complexity index is 1070. The molecule has 0 bridgehead atoms. The molecule has 3 aromatic rings. The molecule has 1 aliphatic rings. The predicted molar refractivity (Wildman–Crippen MR) is 104 cm³/mol. The number of para-hydroxylation sites is 1. The standard InChI is InChI=1S/C21H19FN4O3/c1-29-20(27)15-7-2-3-8-16(15)25-21(28)26-10-9-17-18(24-12-23-17)19(26)13-5-4-6-14(22)11-13/h2-8,11-12,19H,9-10H2,1H3,(H,23,24)(H,25,28)/t19-/m1/s1. The van der Waals surface area contributed by atoms with E-state index in [2.05, 4.69) is 15.3 Å². The van der Waals surface area contributed by atoms with Gasteiger partial charge in [0.2, 0.25) is 0 Å². The number of aromatic nitrogens is 2. The second kappa shape index (κ2) is 7.75. The number of methoxy groups -OCH3 is 1. The lowest BCUT2D eigenvalue weighted by Gasteiger charge is -2.35. The third-order valence-corrected chi connectivity index (χ3v) is 4.92. The van der Waals surface area contributed by atoms with Crippen molar-refractivity contribution in [2.24, 2.45) is 0 Å². The third-order valence-electron chi connectivity index (χ3n) is 4.92. The normalized spacial score (nSPS) is 15.5. The fraction of sp³-hybridized carbons (Fsp3) is 0.190. The van der Waals surface area contributed by atoms with E-state index >= 15 is 0 Å². The maximum Gasteiger partial charge on any atom is 0.339 e. The Hall–Kier alpha value is -3.68. The van der Waals surface area contributed by atoms with E-state index in [4.69, 9.17) is 4.74 Å². The van der Waals surface area contributed by atoms with Crippen molar-refractivity contribution >= 4 is 17.7 Å². The molecule has 4 rings (SSSR count). The van der Waals surface area contributed by atoms with Crippen LogP contribution in [0, 0.1) is 5.82 Å². The van der Waals surface area contributed by atoms with Gasteiger partial charge in [0.05, 0.1) is 30.4 Å². The first-order valence-electron chi connectivity index (χ1n) is 9.11. The summed E-state index contributed by atoms with van der Waals surface area (Å²) in [4.78, 5) is 34.2. The Balaban J connectivity index is 1.68. The number of halogens is 1. The van der Waals surface area contributed by atoms with Gasteiger partial charge in [-0.2, -0.15) is 0 Å². The minimum absolute atomic E-state index is 0.253. The molecule has 0 radical (unpaired) electrons. The lowest BCUT2D eigenvalue weighted by Crippen LogP contribution is -2.43. The molecule has 0 unspecified atom stereocenters. The number of carbonyl (C=O) groups excluding carboxylic acids is 2. The van der Waals surface area contributed by atoms with Crippen molar-refractivity contribution in [1.82, 2.24) is 14.9 Å². The number of rotatable bonds is 3. The van der Waals surface area contributed by atoms with Gasteiger partial charge in [-0.25, -0.2) is 19.0 Å². The summed E-state index contributed by atoms with van der Waals surface area (Å²) in [6.07, 6.45) is 2.16. The number of anilines is 1. The van der Waals surface area contributed by atoms with E-state index in [-0.39, 0.29) is 11.4 Å². The largest absolute Gasteiger partial charge is 0.465 e. The Morgan fingerprint density at radius 2 is 2.07 bits per heavy atom. The molecular formula is C21H19FN4O3. The van der Waals surface area contributed by atoms with Crippen LogP contribution in [0.25, 0.3) is 0 Å². The van der Waals surface area contributed by atoms with Crippen LogP contribution >= 0.6 is 0 Å². The fourth-order valence-electron chi connectivity index (χ4n) is 3.58. The second-order valence-electron chi connectivity index (χ2n) is 6.63. The first-order chi connectivity index (χ1) is 14.1. The number of carbonyl (C=O) groups is 2. The van der Waals surface area contributed by atoms with Crippen LogP contribution < -0.4 is 5.32 Å². The Kier molecular flexibility index (Phi) is 4.99. The van der Waals surface area contributed by atoms with E-state index in [1.165, 1.54) is 19.2 Å². The van der Waals surface area contributed by atoms with Gasteiger partial charge in [0.25, 0.3) is 0 Å². The molecule has 1 aromatic heterocycles. The van der Waals surface area contributed by atoms with E-state index in [0.29, 0.717) is 29.9 Å². The summed E-state index contributed by atoms with van der Waals surface area (Å²) in [6, 6.07) is 11.8. The van der Waals surface area contributed by atoms with Crippen molar-refractivity contribution in [2.75, 3.05) is 19.0 Å². The zero-order chi connectivity index (χ0) is 20.4. The lowest BCUT2D eigenvalue weighted by molar-refractivity contribution is 0.0602. The lowest BCUT2D eigenvalue weighted by atomic mass is 9.96. The smallest absolute Gasteiger partial charge is 0.339 e. The van der Waals surface area contributed by atoms with Gasteiger partial charge in [0, 0.05) is 18.7 Å². The molecule has 2 N–H and O–H groups in total. The van der Waals surface area contributed by atoms with Crippen LogP contribution in [0.3, 0.4) is 0 Å². The maximum absolute atomic E-state index is 13.9. The van der Waals surface area contributed by atoms with Crippen LogP contribution in [-0.4, -0.2) is 40.5 Å². The number of ether oxygens (including phenoxy) is 1. The number of amides is 2. The van der Waals surface area contributed by atoms with Crippen molar-refractivity contribution in [3.05, 3.63) is 83.2 Å². The highest BCUT2D eigenvalue weighted by Crippen LogP contribution is 2.34. The van der Waals surface area contributed by atoms with Crippen LogP contribution in [0.5, 0.6) is 0 Å². The minimum Gasteiger partial charge on any atom is -0.465 e. The number of esters is 1. The first-order valence-corrected chi connectivity index (χ1v) is 9.11. The molecule has 0 saturated heterocycles. The van der Waals surface area contributed by atoms with Gasteiger partial charge >= 0.3 is 12.0 Å². The molecule has 2 aromatic carbocycles. The first kappa shape index (κ1) is 18.7. The molecule has 2 heterocycles. The van der Waals surface area contributed by atoms with Crippen LogP contribution in [0.4, 0.5) is 14.9 Å². The highest BCUT2D eigenvalue weighted by Gasteiger charge is 2.34. The zero-order valence-corrected chi connectivity index (χ0v) is 15.7. The van der Waals surface area contributed by atoms with Gasteiger partial charge < -0.3 is 19.9 Å². The van der Waals surface area contributed by atoms with Crippen LogP contribution in [0.1, 0.15) is 33.4 Å². The number of imidazole rings is 1. The van der Waals surface area contributed by atoms with Crippen LogP contribution in [0.2, 0.25) is 0 Å². The molecule has 0 fully saturated rings. The Morgan fingerprint density at radius 3 is 2.86 bits per heavy atom. The highest BCUT2D eigenvalue weighted by atomic mass is 19.1. The van der Waals surface area contributed by atoms with Crippen molar-refractivity contribution in [2.45, 2.75) is 12.5 Å².